The monoisotopic (exact) mass is 230 g/mol. The van der Waals surface area contributed by atoms with Crippen molar-refractivity contribution in [1.82, 2.24) is 10.3 Å². The molecule has 1 aromatic rings. The SMILES string of the molecule is Cc1ccc(C#N)c(N2CCCNC(=O)C2)n1. The molecule has 1 saturated heterocycles. The van der Waals surface area contributed by atoms with Crippen LogP contribution in [0.3, 0.4) is 0 Å². The standard InChI is InChI=1S/C12H14N4O/c1-9-3-4-10(7-13)12(15-9)16-6-2-5-14-11(17)8-16/h3-4H,2,5-6,8H2,1H3,(H,14,17). The van der Waals surface area contributed by atoms with Gasteiger partial charge in [0.05, 0.1) is 12.1 Å². The summed E-state index contributed by atoms with van der Waals surface area (Å²) in [5.41, 5.74) is 1.37. The lowest BCUT2D eigenvalue weighted by Gasteiger charge is -2.21. The topological polar surface area (TPSA) is 69.0 Å². The van der Waals surface area contributed by atoms with Gasteiger partial charge in [-0.3, -0.25) is 4.79 Å². The number of hydrogen-bond acceptors (Lipinski definition) is 4. The first-order chi connectivity index (χ1) is 8.20. The predicted octanol–water partition coefficient (Wildman–Crippen LogP) is 0.588. The number of pyridine rings is 1. The Morgan fingerprint density at radius 1 is 1.53 bits per heavy atom. The number of aromatic nitrogens is 1. The zero-order valence-corrected chi connectivity index (χ0v) is 9.73. The summed E-state index contributed by atoms with van der Waals surface area (Å²) in [5, 5.41) is 11.9. The third-order valence-corrected chi connectivity index (χ3v) is 2.70. The van der Waals surface area contributed by atoms with Gasteiger partial charge in [-0.25, -0.2) is 4.98 Å². The Bertz CT molecular complexity index is 478. The number of carbonyl (C=O) groups excluding carboxylic acids is 1. The highest BCUT2D eigenvalue weighted by Crippen LogP contribution is 2.18. The second kappa shape index (κ2) is 4.83. The molecule has 1 aliphatic heterocycles. The number of nitrogens with one attached hydrogen (secondary N) is 1. The fourth-order valence-corrected chi connectivity index (χ4v) is 1.86. The Kier molecular flexibility index (Phi) is 3.24. The summed E-state index contributed by atoms with van der Waals surface area (Å²) >= 11 is 0. The summed E-state index contributed by atoms with van der Waals surface area (Å²) < 4.78 is 0. The third-order valence-electron chi connectivity index (χ3n) is 2.70. The van der Waals surface area contributed by atoms with Crippen LogP contribution >= 0.6 is 0 Å². The lowest BCUT2D eigenvalue weighted by molar-refractivity contribution is -0.119. The summed E-state index contributed by atoms with van der Waals surface area (Å²) in [6, 6.07) is 5.68. The molecule has 1 amide bonds. The highest BCUT2D eigenvalue weighted by molar-refractivity contribution is 5.81. The maximum Gasteiger partial charge on any atom is 0.239 e. The summed E-state index contributed by atoms with van der Waals surface area (Å²) in [6.45, 7) is 3.57. The molecule has 17 heavy (non-hydrogen) atoms. The largest absolute Gasteiger partial charge is 0.354 e. The molecule has 0 radical (unpaired) electrons. The molecule has 1 aliphatic rings. The fourth-order valence-electron chi connectivity index (χ4n) is 1.86. The molecule has 0 aliphatic carbocycles. The highest BCUT2D eigenvalue weighted by atomic mass is 16.2. The lowest BCUT2D eigenvalue weighted by Crippen LogP contribution is -2.34. The smallest absolute Gasteiger partial charge is 0.239 e. The Labute approximate surface area is 100 Å². The molecule has 88 valence electrons. The Hall–Kier alpha value is -2.09. The van der Waals surface area contributed by atoms with Gasteiger partial charge in [-0.1, -0.05) is 0 Å². The molecular weight excluding hydrogens is 216 g/mol. The first-order valence-electron chi connectivity index (χ1n) is 5.60. The molecule has 0 saturated carbocycles. The number of carbonyl (C=O) groups is 1. The molecule has 0 bridgehead atoms. The van der Waals surface area contributed by atoms with E-state index < -0.39 is 0 Å². The molecule has 0 aromatic carbocycles. The number of nitriles is 1. The fraction of sp³-hybridized carbons (Fsp3) is 0.417. The molecule has 0 unspecified atom stereocenters. The summed E-state index contributed by atoms with van der Waals surface area (Å²) in [5.74, 6) is 0.597. The van der Waals surface area contributed by atoms with E-state index in [0.717, 1.165) is 18.7 Å². The number of hydrogen-bond donors (Lipinski definition) is 1. The average molecular weight is 230 g/mol. The zero-order chi connectivity index (χ0) is 12.3. The molecule has 1 fully saturated rings. The van der Waals surface area contributed by atoms with Gasteiger partial charge in [0.25, 0.3) is 0 Å². The van der Waals surface area contributed by atoms with Gasteiger partial charge >= 0.3 is 0 Å². The first-order valence-corrected chi connectivity index (χ1v) is 5.60. The molecule has 1 aromatic heterocycles. The number of aryl methyl sites for hydroxylation is 1. The molecule has 2 heterocycles. The molecule has 2 rings (SSSR count). The maximum absolute atomic E-state index is 11.5. The van der Waals surface area contributed by atoms with E-state index in [2.05, 4.69) is 16.4 Å². The molecule has 1 N–H and O–H groups in total. The van der Waals surface area contributed by atoms with E-state index in [9.17, 15) is 4.79 Å². The minimum Gasteiger partial charge on any atom is -0.354 e. The van der Waals surface area contributed by atoms with Crippen molar-refractivity contribution >= 4 is 11.7 Å². The van der Waals surface area contributed by atoms with Crippen LogP contribution in [-0.2, 0) is 4.79 Å². The van der Waals surface area contributed by atoms with Crippen molar-refractivity contribution in [2.24, 2.45) is 0 Å². The van der Waals surface area contributed by atoms with Gasteiger partial charge in [0, 0.05) is 18.8 Å². The molecule has 5 nitrogen and oxygen atoms in total. The predicted molar refractivity (Wildman–Crippen MR) is 63.5 cm³/mol. The minimum absolute atomic E-state index is 0.0188. The summed E-state index contributed by atoms with van der Waals surface area (Å²) in [4.78, 5) is 17.7. The van der Waals surface area contributed by atoms with Gasteiger partial charge < -0.3 is 10.2 Å². The van der Waals surface area contributed by atoms with E-state index in [-0.39, 0.29) is 12.5 Å². The normalized spacial score (nSPS) is 16.0. The first kappa shape index (κ1) is 11.4. The van der Waals surface area contributed by atoms with E-state index in [1.807, 2.05) is 11.8 Å². The second-order valence-electron chi connectivity index (χ2n) is 4.06. The van der Waals surface area contributed by atoms with Crippen LogP contribution in [0.5, 0.6) is 0 Å². The van der Waals surface area contributed by atoms with E-state index in [1.54, 1.807) is 12.1 Å². The highest BCUT2D eigenvalue weighted by Gasteiger charge is 2.18. The Balaban J connectivity index is 2.34. The van der Waals surface area contributed by atoms with Crippen LogP contribution in [0.15, 0.2) is 12.1 Å². The maximum atomic E-state index is 11.5. The van der Waals surface area contributed by atoms with Crippen LogP contribution in [0.4, 0.5) is 5.82 Å². The van der Waals surface area contributed by atoms with Gasteiger partial charge in [0.1, 0.15) is 11.9 Å². The van der Waals surface area contributed by atoms with Crippen LogP contribution in [0.25, 0.3) is 0 Å². The van der Waals surface area contributed by atoms with Gasteiger partial charge in [0.2, 0.25) is 5.91 Å². The van der Waals surface area contributed by atoms with Crippen molar-refractivity contribution in [2.45, 2.75) is 13.3 Å². The lowest BCUT2D eigenvalue weighted by atomic mass is 10.2. The molecule has 5 heteroatoms. The van der Waals surface area contributed by atoms with Crippen molar-refractivity contribution in [3.05, 3.63) is 23.4 Å². The average Bonchev–Trinajstić information content (AvgIpc) is 2.54. The number of amides is 1. The van der Waals surface area contributed by atoms with Crippen molar-refractivity contribution in [1.29, 1.82) is 5.26 Å². The number of anilines is 1. The number of nitrogens with zero attached hydrogens (tertiary/aromatic N) is 3. The number of rotatable bonds is 1. The van der Waals surface area contributed by atoms with Crippen LogP contribution in [0.1, 0.15) is 17.7 Å². The Morgan fingerprint density at radius 2 is 2.35 bits per heavy atom. The van der Waals surface area contributed by atoms with E-state index in [1.165, 1.54) is 0 Å². The second-order valence-corrected chi connectivity index (χ2v) is 4.06. The van der Waals surface area contributed by atoms with Crippen molar-refractivity contribution < 1.29 is 4.79 Å². The van der Waals surface area contributed by atoms with E-state index >= 15 is 0 Å². The van der Waals surface area contributed by atoms with Gasteiger partial charge in [-0.2, -0.15) is 5.26 Å². The summed E-state index contributed by atoms with van der Waals surface area (Å²) in [6.07, 6.45) is 0.867. The molecule has 0 atom stereocenters. The molecular formula is C12H14N4O. The van der Waals surface area contributed by atoms with Crippen molar-refractivity contribution in [3.8, 4) is 6.07 Å². The van der Waals surface area contributed by atoms with Crippen LogP contribution in [0, 0.1) is 18.3 Å². The third kappa shape index (κ3) is 2.53. The van der Waals surface area contributed by atoms with Crippen molar-refractivity contribution in [3.63, 3.8) is 0 Å². The Morgan fingerprint density at radius 3 is 3.12 bits per heavy atom. The van der Waals surface area contributed by atoms with Crippen LogP contribution < -0.4 is 10.2 Å². The van der Waals surface area contributed by atoms with E-state index in [0.29, 0.717) is 17.9 Å². The van der Waals surface area contributed by atoms with Crippen molar-refractivity contribution in [2.75, 3.05) is 24.5 Å². The van der Waals surface area contributed by atoms with Gasteiger partial charge in [-0.15, -0.1) is 0 Å². The van der Waals surface area contributed by atoms with Crippen LogP contribution in [-0.4, -0.2) is 30.5 Å². The minimum atomic E-state index is -0.0188. The summed E-state index contributed by atoms with van der Waals surface area (Å²) in [7, 11) is 0. The van der Waals surface area contributed by atoms with Crippen LogP contribution in [0.2, 0.25) is 0 Å². The van der Waals surface area contributed by atoms with Gasteiger partial charge in [0.15, 0.2) is 0 Å². The quantitative estimate of drug-likeness (QED) is 0.766. The zero-order valence-electron chi connectivity index (χ0n) is 9.73. The molecule has 0 spiro atoms. The van der Waals surface area contributed by atoms with Gasteiger partial charge in [-0.05, 0) is 25.5 Å². The van der Waals surface area contributed by atoms with E-state index in [4.69, 9.17) is 5.26 Å².